The Balaban J connectivity index is 0.00000253. The number of rotatable bonds is 13. The fourth-order valence-electron chi connectivity index (χ4n) is 6.98. The highest BCUT2D eigenvalue weighted by molar-refractivity contribution is 5.89. The van der Waals surface area contributed by atoms with Gasteiger partial charge in [-0.05, 0) is 58.7 Å². The summed E-state index contributed by atoms with van der Waals surface area (Å²) in [5.41, 5.74) is 5.34. The second-order valence-corrected chi connectivity index (χ2v) is 12.7. The van der Waals surface area contributed by atoms with E-state index in [0.29, 0.717) is 22.8 Å². The molecule has 3 atom stereocenters. The number of Topliss-reactive ketones (excluding diaryl/α,β-unsaturated/α-hetero) is 1. The molecular formula is C40H39N7O8. The summed E-state index contributed by atoms with van der Waals surface area (Å²) in [6.07, 6.45) is -1.19. The average molecular weight is 746 g/mol. The third kappa shape index (κ3) is 7.21. The summed E-state index contributed by atoms with van der Waals surface area (Å²) < 4.78 is 31.4. The molecule has 15 nitrogen and oxygen atoms in total. The maximum atomic E-state index is 14.6. The first-order valence-electron chi connectivity index (χ1n) is 17.1. The minimum Gasteiger partial charge on any atom is -0.497 e. The van der Waals surface area contributed by atoms with Gasteiger partial charge in [-0.15, -0.1) is 0 Å². The molecule has 0 bridgehead atoms. The van der Waals surface area contributed by atoms with E-state index in [2.05, 4.69) is 15.0 Å². The van der Waals surface area contributed by atoms with Crippen LogP contribution < -0.4 is 25.5 Å². The van der Waals surface area contributed by atoms with Gasteiger partial charge in [-0.25, -0.2) is 4.98 Å². The highest BCUT2D eigenvalue weighted by atomic mass is 16.6. The zero-order valence-electron chi connectivity index (χ0n) is 30.3. The molecule has 0 spiro atoms. The van der Waals surface area contributed by atoms with Crippen LogP contribution in [0.1, 0.15) is 28.7 Å². The van der Waals surface area contributed by atoms with Crippen molar-refractivity contribution >= 4 is 22.9 Å². The first kappa shape index (κ1) is 38.1. The molecule has 55 heavy (non-hydrogen) atoms. The fraction of sp³-hybridized carbons (Fsp3) is 0.250. The summed E-state index contributed by atoms with van der Waals surface area (Å²) in [5, 5.41) is 23.8. The van der Waals surface area contributed by atoms with Gasteiger partial charge in [-0.3, -0.25) is 19.1 Å². The van der Waals surface area contributed by atoms with E-state index in [1.807, 2.05) is 78.9 Å². The van der Waals surface area contributed by atoms with Crippen molar-refractivity contribution < 1.29 is 33.6 Å². The number of ketones is 1. The second-order valence-electron chi connectivity index (χ2n) is 12.7. The van der Waals surface area contributed by atoms with Crippen LogP contribution in [0.25, 0.3) is 11.2 Å². The number of carbonyl (C=O) groups excluding carboxylic acids is 1. The number of aromatic amines is 1. The molecule has 0 saturated carbocycles. The van der Waals surface area contributed by atoms with E-state index in [0.717, 1.165) is 16.7 Å². The monoisotopic (exact) mass is 745 g/mol. The Hall–Kier alpha value is -6.60. The van der Waals surface area contributed by atoms with Crippen molar-refractivity contribution in [2.45, 2.75) is 36.4 Å². The van der Waals surface area contributed by atoms with Gasteiger partial charge in [0, 0.05) is 23.6 Å². The number of H-pyrrole nitrogens is 1. The number of aliphatic hydroxyl groups is 1. The lowest BCUT2D eigenvalue weighted by atomic mass is 9.80. The normalized spacial score (nSPS) is 17.9. The lowest BCUT2D eigenvalue weighted by molar-refractivity contribution is -0.165. The van der Waals surface area contributed by atoms with Crippen LogP contribution in [-0.4, -0.2) is 70.6 Å². The number of nitrogens with zero attached hydrogens (tertiary/aromatic N) is 5. The zero-order chi connectivity index (χ0) is 39.2. The minimum atomic E-state index is -1.84. The zero-order valence-corrected chi connectivity index (χ0v) is 30.3. The Kier molecular flexibility index (Phi) is 11.2. The topological polar surface area (TPSA) is 221 Å². The number of nitrogens with one attached hydrogen (secondary N) is 1. The molecule has 0 radical (unpaired) electrons. The standard InChI is InChI=1S/C40H39N5O8.N2/c1-49-29-16-12-27(13-17-29)40(26-9-5-4-6-10-26,28-14-18-30(50-2)19-15-28)52-23-33-32(46)22-39(53-33,34(47)21-25-8-7-11-31(20-25)51-3)45-24-42-35-36(45)43-38(41)44-37(35)48;1-2/h4-20,24,32-33,46H,21-23H2,1-3H3,(H3,41,43,44,48);/t32-,33+,39-;/m0./s1. The van der Waals surface area contributed by atoms with Crippen molar-refractivity contribution in [3.63, 3.8) is 0 Å². The number of carbonyl (C=O) groups is 1. The maximum Gasteiger partial charge on any atom is 0.280 e. The third-order valence-electron chi connectivity index (χ3n) is 9.65. The number of hydrogen-bond donors (Lipinski definition) is 3. The van der Waals surface area contributed by atoms with Crippen molar-refractivity contribution in [3.8, 4) is 17.2 Å². The van der Waals surface area contributed by atoms with Crippen LogP contribution in [-0.2, 0) is 32.0 Å². The molecule has 1 saturated heterocycles. The first-order chi connectivity index (χ1) is 26.7. The van der Waals surface area contributed by atoms with Gasteiger partial charge in [0.05, 0.1) is 34.0 Å². The van der Waals surface area contributed by atoms with Crippen molar-refractivity contribution in [2.24, 2.45) is 0 Å². The molecule has 3 heterocycles. The largest absolute Gasteiger partial charge is 0.497 e. The summed E-state index contributed by atoms with van der Waals surface area (Å²) in [6, 6.07) is 31.9. The average Bonchev–Trinajstić information content (AvgIpc) is 3.81. The van der Waals surface area contributed by atoms with Crippen LogP contribution in [0.15, 0.2) is 114 Å². The van der Waals surface area contributed by atoms with Gasteiger partial charge in [0.2, 0.25) is 11.7 Å². The number of nitrogen functional groups attached to an aromatic ring is 1. The number of fused-ring (bicyclic) bond motifs is 1. The Labute approximate surface area is 315 Å². The minimum absolute atomic E-state index is 0.0346. The summed E-state index contributed by atoms with van der Waals surface area (Å²) in [6.45, 7) is -0.162. The van der Waals surface area contributed by atoms with E-state index in [4.69, 9.17) is 40.2 Å². The number of hydrogen-bond acceptors (Lipinski definition) is 13. The molecule has 4 aromatic carbocycles. The molecule has 2 aromatic heterocycles. The number of aromatic nitrogens is 4. The number of ether oxygens (including phenoxy) is 5. The summed E-state index contributed by atoms with van der Waals surface area (Å²) in [7, 11) is 4.75. The highest BCUT2D eigenvalue weighted by Crippen LogP contribution is 2.44. The van der Waals surface area contributed by atoms with E-state index in [1.165, 1.54) is 10.9 Å². The number of anilines is 1. The van der Waals surface area contributed by atoms with E-state index >= 15 is 0 Å². The number of benzene rings is 4. The van der Waals surface area contributed by atoms with E-state index in [9.17, 15) is 14.7 Å². The third-order valence-corrected chi connectivity index (χ3v) is 9.65. The Morgan fingerprint density at radius 1 is 0.909 bits per heavy atom. The Morgan fingerprint density at radius 2 is 1.51 bits per heavy atom. The van der Waals surface area contributed by atoms with Crippen LogP contribution in [0, 0.1) is 10.8 Å². The van der Waals surface area contributed by atoms with Crippen molar-refractivity contribution in [3.05, 3.63) is 142 Å². The van der Waals surface area contributed by atoms with Crippen molar-refractivity contribution in [1.82, 2.24) is 19.5 Å². The lowest BCUT2D eigenvalue weighted by Gasteiger charge is -2.37. The van der Waals surface area contributed by atoms with Crippen molar-refractivity contribution in [1.29, 1.82) is 10.8 Å². The molecule has 1 fully saturated rings. The number of imidazole rings is 1. The number of methoxy groups -OCH3 is 3. The summed E-state index contributed by atoms with van der Waals surface area (Å²) in [5.74, 6) is 1.34. The van der Waals surface area contributed by atoms with Crippen LogP contribution in [0.5, 0.6) is 17.2 Å². The summed E-state index contributed by atoms with van der Waals surface area (Å²) >= 11 is 0. The Bertz CT molecular complexity index is 2280. The van der Waals surface area contributed by atoms with E-state index in [1.54, 1.807) is 45.6 Å². The molecule has 7 rings (SSSR count). The van der Waals surface area contributed by atoms with Gasteiger partial charge in [0.1, 0.15) is 35.3 Å². The molecule has 6 aromatic rings. The second kappa shape index (κ2) is 16.2. The van der Waals surface area contributed by atoms with Crippen LogP contribution >= 0.6 is 0 Å². The van der Waals surface area contributed by atoms with Gasteiger partial charge >= 0.3 is 0 Å². The smallest absolute Gasteiger partial charge is 0.280 e. The molecule has 0 unspecified atom stereocenters. The lowest BCUT2D eigenvalue weighted by Crippen LogP contribution is -2.44. The molecule has 0 aliphatic carbocycles. The number of nitrogens with two attached hydrogens (primary N) is 1. The predicted octanol–water partition coefficient (Wildman–Crippen LogP) is 4.38. The SMILES string of the molecule is COc1ccc(C(OC[C@H]2O[C@@](C(=O)Cc3cccc(OC)c3)(n3cnc4c(=O)[nH]c(N)nc43)C[C@@H]2O)(c2ccccc2)c2ccc(OC)cc2)cc1.N#N. The van der Waals surface area contributed by atoms with Gasteiger partial charge in [0.25, 0.3) is 5.56 Å². The number of aliphatic hydroxyl groups excluding tert-OH is 1. The highest BCUT2D eigenvalue weighted by Gasteiger charge is 2.54. The molecular weight excluding hydrogens is 706 g/mol. The quantitative estimate of drug-likeness (QED) is 0.111. The van der Waals surface area contributed by atoms with Gasteiger partial charge in [-0.2, -0.15) is 4.98 Å². The maximum absolute atomic E-state index is 14.6. The molecule has 1 aliphatic rings. The van der Waals surface area contributed by atoms with Crippen molar-refractivity contribution in [2.75, 3.05) is 33.7 Å². The van der Waals surface area contributed by atoms with Gasteiger partial charge in [0.15, 0.2) is 16.9 Å². The van der Waals surface area contributed by atoms with Gasteiger partial charge in [-0.1, -0.05) is 66.7 Å². The van der Waals surface area contributed by atoms with E-state index in [-0.39, 0.29) is 36.6 Å². The molecule has 4 N–H and O–H groups in total. The Morgan fingerprint density at radius 3 is 2.11 bits per heavy atom. The first-order valence-corrected chi connectivity index (χ1v) is 17.1. The predicted molar refractivity (Wildman–Crippen MR) is 199 cm³/mol. The van der Waals surface area contributed by atoms with Crippen LogP contribution in [0.4, 0.5) is 5.95 Å². The summed E-state index contributed by atoms with van der Waals surface area (Å²) in [4.78, 5) is 38.4. The van der Waals surface area contributed by atoms with Crippen LogP contribution in [0.3, 0.4) is 0 Å². The molecule has 0 amide bonds. The van der Waals surface area contributed by atoms with E-state index < -0.39 is 34.9 Å². The van der Waals surface area contributed by atoms with Gasteiger partial charge < -0.3 is 34.5 Å². The molecule has 15 heteroatoms. The fourth-order valence-corrected chi connectivity index (χ4v) is 6.98. The molecule has 282 valence electrons. The molecule has 1 aliphatic heterocycles. The van der Waals surface area contributed by atoms with Crippen LogP contribution in [0.2, 0.25) is 0 Å².